The van der Waals surface area contributed by atoms with E-state index in [9.17, 15) is 14.7 Å². The van der Waals surface area contributed by atoms with Crippen LogP contribution in [0.2, 0.25) is 5.02 Å². The van der Waals surface area contributed by atoms with Crippen LogP contribution in [-0.4, -0.2) is 68.7 Å². The van der Waals surface area contributed by atoms with Gasteiger partial charge in [0.2, 0.25) is 0 Å². The molecule has 36 heavy (non-hydrogen) atoms. The number of aryl methyl sites for hydroxylation is 1. The van der Waals surface area contributed by atoms with E-state index < -0.39 is 12.1 Å². The van der Waals surface area contributed by atoms with E-state index in [1.807, 2.05) is 6.20 Å². The first kappa shape index (κ1) is 24.2. The monoisotopic (exact) mass is 511 g/mol. The van der Waals surface area contributed by atoms with Crippen molar-refractivity contribution in [2.24, 2.45) is 0 Å². The first-order chi connectivity index (χ1) is 17.5. The molecule has 0 saturated carbocycles. The van der Waals surface area contributed by atoms with E-state index >= 15 is 0 Å². The zero-order valence-corrected chi connectivity index (χ0v) is 20.2. The maximum Gasteiger partial charge on any atom is 0.254 e. The first-order valence-electron chi connectivity index (χ1n) is 11.7. The van der Waals surface area contributed by atoms with Gasteiger partial charge in [-0.2, -0.15) is 0 Å². The molecule has 2 aromatic carbocycles. The van der Waals surface area contributed by atoms with E-state index in [1.165, 1.54) is 0 Å². The van der Waals surface area contributed by atoms with Crippen LogP contribution >= 0.6 is 11.6 Å². The molecular formula is C25H26ClN5O5. The van der Waals surface area contributed by atoms with Crippen LogP contribution in [0.3, 0.4) is 0 Å². The minimum atomic E-state index is -0.448. The summed E-state index contributed by atoms with van der Waals surface area (Å²) in [5, 5.41) is 21.0. The fourth-order valence-electron chi connectivity index (χ4n) is 4.30. The van der Waals surface area contributed by atoms with E-state index in [-0.39, 0.29) is 31.6 Å². The highest BCUT2D eigenvalue weighted by Crippen LogP contribution is 2.26. The molecule has 1 saturated heterocycles. The Morgan fingerprint density at radius 2 is 2.03 bits per heavy atom. The summed E-state index contributed by atoms with van der Waals surface area (Å²) < 4.78 is 13.7. The first-order valence-corrected chi connectivity index (χ1v) is 12.1. The van der Waals surface area contributed by atoms with Crippen molar-refractivity contribution in [1.29, 1.82) is 0 Å². The van der Waals surface area contributed by atoms with Crippen molar-refractivity contribution < 1.29 is 24.2 Å². The third-order valence-corrected chi connectivity index (χ3v) is 6.58. The number of nitrogens with one attached hydrogen (secondary N) is 1. The highest BCUT2D eigenvalue weighted by Gasteiger charge is 2.37. The Bertz CT molecular complexity index is 1250. The van der Waals surface area contributed by atoms with Crippen molar-refractivity contribution in [2.75, 3.05) is 19.7 Å². The van der Waals surface area contributed by atoms with Gasteiger partial charge < -0.3 is 24.8 Å². The van der Waals surface area contributed by atoms with Crippen molar-refractivity contribution >= 4 is 23.4 Å². The molecule has 11 heteroatoms. The van der Waals surface area contributed by atoms with Gasteiger partial charge in [0.25, 0.3) is 11.8 Å². The summed E-state index contributed by atoms with van der Waals surface area (Å²) in [7, 11) is 0. The van der Waals surface area contributed by atoms with Crippen molar-refractivity contribution in [3.63, 3.8) is 0 Å². The lowest BCUT2D eigenvalue weighted by molar-refractivity contribution is 0.0291. The summed E-state index contributed by atoms with van der Waals surface area (Å²) >= 11 is 6.27. The third-order valence-electron chi connectivity index (χ3n) is 6.27. The number of aliphatic hydroxyl groups excluding tert-OH is 1. The number of nitrogens with zero attached hydrogens (tertiary/aromatic N) is 4. The molecule has 2 amide bonds. The largest absolute Gasteiger partial charge is 0.492 e. The molecule has 1 aromatic heterocycles. The number of aliphatic hydroxyl groups is 1. The summed E-state index contributed by atoms with van der Waals surface area (Å²) in [4.78, 5) is 28.0. The summed E-state index contributed by atoms with van der Waals surface area (Å²) in [6, 6.07) is 11.2. The Labute approximate surface area is 212 Å². The van der Waals surface area contributed by atoms with Gasteiger partial charge in [-0.05, 0) is 35.9 Å². The van der Waals surface area contributed by atoms with Crippen molar-refractivity contribution in [1.82, 2.24) is 25.2 Å². The molecule has 2 atom stereocenters. The van der Waals surface area contributed by atoms with Crippen molar-refractivity contribution in [2.45, 2.75) is 38.3 Å². The van der Waals surface area contributed by atoms with Crippen LogP contribution in [0, 0.1) is 0 Å². The van der Waals surface area contributed by atoms with Crippen LogP contribution in [0.4, 0.5) is 0 Å². The second kappa shape index (κ2) is 10.7. The van der Waals surface area contributed by atoms with Gasteiger partial charge in [0.05, 0.1) is 43.2 Å². The van der Waals surface area contributed by atoms with Crippen molar-refractivity contribution in [3.05, 3.63) is 76.1 Å². The highest BCUT2D eigenvalue weighted by atomic mass is 35.5. The van der Waals surface area contributed by atoms with Gasteiger partial charge in [-0.15, -0.1) is 5.10 Å². The van der Waals surface area contributed by atoms with Gasteiger partial charge in [-0.3, -0.25) is 14.3 Å². The zero-order chi connectivity index (χ0) is 25.1. The average molecular weight is 512 g/mol. The lowest BCUT2D eigenvalue weighted by Gasteiger charge is -2.20. The molecular weight excluding hydrogens is 486 g/mol. The number of fused-ring (bicyclic) bond motifs is 5. The van der Waals surface area contributed by atoms with Gasteiger partial charge in [0.15, 0.2) is 0 Å². The number of hydrogen-bond donors (Lipinski definition) is 2. The number of carbonyl (C=O) groups excluding carboxylic acids is 2. The molecule has 2 N–H and O–H groups in total. The molecule has 3 heterocycles. The SMILES string of the molecule is O=C1N[C@H]2CN(C(=O)c3ccc(CO)cc3)C[C@@H]2OCc2cn(nn2)CCCOc2cc1ccc2Cl. The maximum atomic E-state index is 13.2. The lowest BCUT2D eigenvalue weighted by atomic mass is 10.1. The Morgan fingerprint density at radius 1 is 1.19 bits per heavy atom. The third kappa shape index (κ3) is 5.35. The Hall–Kier alpha value is -3.47. The second-order valence-corrected chi connectivity index (χ2v) is 9.22. The normalized spacial score (nSPS) is 20.4. The number of rotatable bonds is 2. The lowest BCUT2D eigenvalue weighted by Crippen LogP contribution is -2.44. The summed E-state index contributed by atoms with van der Waals surface area (Å²) in [6.07, 6.45) is 2.04. The summed E-state index contributed by atoms with van der Waals surface area (Å²) in [6.45, 7) is 1.69. The van der Waals surface area contributed by atoms with E-state index in [2.05, 4.69) is 15.6 Å². The van der Waals surface area contributed by atoms with Crippen LogP contribution < -0.4 is 10.1 Å². The van der Waals surface area contributed by atoms with Crippen LogP contribution in [-0.2, 0) is 24.5 Å². The maximum absolute atomic E-state index is 13.2. The van der Waals surface area contributed by atoms with Crippen LogP contribution in [0.5, 0.6) is 5.75 Å². The number of carbonyl (C=O) groups is 2. The van der Waals surface area contributed by atoms with Crippen LogP contribution in [0.1, 0.15) is 38.4 Å². The number of aromatic nitrogens is 3. The molecule has 0 spiro atoms. The molecule has 0 radical (unpaired) electrons. The van der Waals surface area contributed by atoms with Crippen LogP contribution in [0.25, 0.3) is 0 Å². The zero-order valence-electron chi connectivity index (χ0n) is 19.5. The fraction of sp³-hybridized carbons (Fsp3) is 0.360. The van der Waals surface area contributed by atoms with Gasteiger partial charge in [0, 0.05) is 37.2 Å². The number of amides is 2. The summed E-state index contributed by atoms with van der Waals surface area (Å²) in [5.41, 5.74) is 2.29. The quantitative estimate of drug-likeness (QED) is 0.540. The number of likely N-dealkylation sites (tertiary alicyclic amines) is 1. The fourth-order valence-corrected chi connectivity index (χ4v) is 4.48. The van der Waals surface area contributed by atoms with Gasteiger partial charge in [0.1, 0.15) is 11.4 Å². The molecule has 5 rings (SSSR count). The molecule has 4 bridgehead atoms. The smallest absolute Gasteiger partial charge is 0.254 e. The molecule has 3 aromatic rings. The Morgan fingerprint density at radius 3 is 2.83 bits per heavy atom. The predicted octanol–water partition coefficient (Wildman–Crippen LogP) is 2.05. The molecule has 10 nitrogen and oxygen atoms in total. The number of hydrogen-bond acceptors (Lipinski definition) is 7. The van der Waals surface area contributed by atoms with Gasteiger partial charge in [-0.1, -0.05) is 28.9 Å². The number of halogens is 1. The minimum absolute atomic E-state index is 0.0930. The molecule has 2 aliphatic heterocycles. The predicted molar refractivity (Wildman–Crippen MR) is 130 cm³/mol. The average Bonchev–Trinajstić information content (AvgIpc) is 3.52. The molecule has 188 valence electrons. The molecule has 0 unspecified atom stereocenters. The number of benzene rings is 2. The Kier molecular flexibility index (Phi) is 7.17. The van der Waals surface area contributed by atoms with E-state index in [4.69, 9.17) is 21.1 Å². The topological polar surface area (TPSA) is 119 Å². The molecule has 2 aliphatic rings. The molecule has 0 aliphatic carbocycles. The van der Waals surface area contributed by atoms with Gasteiger partial charge in [-0.25, -0.2) is 0 Å². The van der Waals surface area contributed by atoms with Crippen LogP contribution in [0.15, 0.2) is 48.7 Å². The highest BCUT2D eigenvalue weighted by molar-refractivity contribution is 6.32. The Balaban J connectivity index is 1.39. The van der Waals surface area contributed by atoms with Crippen molar-refractivity contribution in [3.8, 4) is 5.75 Å². The second-order valence-electron chi connectivity index (χ2n) is 8.81. The summed E-state index contributed by atoms with van der Waals surface area (Å²) in [5.74, 6) is -0.0587. The minimum Gasteiger partial charge on any atom is -0.492 e. The standard InChI is InChI=1S/C25H26ClN5O5/c26-20-7-6-18-10-22(20)35-9-1-8-31-11-19(28-29-31)15-36-23-13-30(12-21(23)27-24(18)33)25(34)17-4-2-16(14-32)3-5-17/h2-7,10-11,21,23,32H,1,8-9,12-15H2,(H,27,33)/t21-,23-/m0/s1. The van der Waals surface area contributed by atoms with E-state index in [0.717, 1.165) is 5.56 Å². The van der Waals surface area contributed by atoms with E-state index in [0.29, 0.717) is 53.7 Å². The van der Waals surface area contributed by atoms with E-state index in [1.54, 1.807) is 52.0 Å². The number of ether oxygens (including phenoxy) is 2. The van der Waals surface area contributed by atoms with Gasteiger partial charge >= 0.3 is 0 Å². The molecule has 1 fully saturated rings.